The summed E-state index contributed by atoms with van der Waals surface area (Å²) in [6.45, 7) is 10.3. The van der Waals surface area contributed by atoms with Gasteiger partial charge in [0.1, 0.15) is 12.6 Å². The van der Waals surface area contributed by atoms with E-state index in [0.717, 1.165) is 5.71 Å². The van der Waals surface area contributed by atoms with Gasteiger partial charge in [0.05, 0.1) is 5.71 Å². The van der Waals surface area contributed by atoms with E-state index in [1.54, 1.807) is 25.1 Å². The molecule has 3 rings (SSSR count). The van der Waals surface area contributed by atoms with Crippen molar-refractivity contribution in [1.82, 2.24) is 14.8 Å². The molecule has 2 unspecified atom stereocenters. The highest BCUT2D eigenvalue weighted by atomic mass is 16.2. The lowest BCUT2D eigenvalue weighted by molar-refractivity contribution is -0.559. The Bertz CT molecular complexity index is 692. The van der Waals surface area contributed by atoms with Gasteiger partial charge in [0.25, 0.3) is 5.91 Å². The number of amidine groups is 1. The van der Waals surface area contributed by atoms with Crippen LogP contribution in [0.2, 0.25) is 0 Å². The van der Waals surface area contributed by atoms with Crippen LogP contribution in [-0.2, 0) is 4.79 Å². The molecule has 0 aliphatic carbocycles. The number of likely N-dealkylation sites (N-methyl/N-ethyl adjacent to an activating group) is 2. The molecule has 1 saturated heterocycles. The number of imide groups is 1. The molecule has 3 amide bonds. The maximum Gasteiger partial charge on any atom is 0.417 e. The topological polar surface area (TPSA) is 71.6 Å². The van der Waals surface area contributed by atoms with Crippen molar-refractivity contribution in [2.24, 2.45) is 10.1 Å². The van der Waals surface area contributed by atoms with E-state index in [1.807, 2.05) is 18.4 Å². The van der Waals surface area contributed by atoms with Crippen LogP contribution in [0.3, 0.4) is 0 Å². The lowest BCUT2D eigenvalue weighted by Gasteiger charge is -2.35. The Balaban J connectivity index is 2.11. The van der Waals surface area contributed by atoms with Gasteiger partial charge in [0.2, 0.25) is 11.9 Å². The minimum Gasteiger partial charge on any atom is -0.270 e. The van der Waals surface area contributed by atoms with E-state index in [2.05, 4.69) is 16.7 Å². The summed E-state index contributed by atoms with van der Waals surface area (Å²) in [6, 6.07) is -0.990. The highest BCUT2D eigenvalue weighted by Gasteiger charge is 2.55. The maximum atomic E-state index is 12.8. The van der Waals surface area contributed by atoms with Crippen molar-refractivity contribution in [3.63, 3.8) is 0 Å². The molecule has 1 fully saturated rings. The van der Waals surface area contributed by atoms with Crippen molar-refractivity contribution in [1.29, 1.82) is 0 Å². The van der Waals surface area contributed by atoms with E-state index in [1.165, 1.54) is 9.80 Å². The van der Waals surface area contributed by atoms with Gasteiger partial charge in [-0.2, -0.15) is 0 Å². The molecule has 2 atom stereocenters. The summed E-state index contributed by atoms with van der Waals surface area (Å²) >= 11 is 0. The van der Waals surface area contributed by atoms with Crippen LogP contribution in [0.15, 0.2) is 22.7 Å². The number of amides is 3. The summed E-state index contributed by atoms with van der Waals surface area (Å²) in [6.07, 6.45) is 1.73. The molecule has 3 heterocycles. The molecule has 0 aromatic rings. The number of urea groups is 1. The summed E-state index contributed by atoms with van der Waals surface area (Å²) in [5.74, 6) is 0.823. The van der Waals surface area contributed by atoms with Gasteiger partial charge in [-0.3, -0.25) is 14.6 Å². The van der Waals surface area contributed by atoms with E-state index in [-0.39, 0.29) is 18.0 Å². The Morgan fingerprint density at radius 2 is 2.09 bits per heavy atom. The van der Waals surface area contributed by atoms with E-state index in [0.29, 0.717) is 24.9 Å². The number of hydrazone groups is 1. The molecular weight excluding hydrogens is 296 g/mol. The van der Waals surface area contributed by atoms with Gasteiger partial charge >= 0.3 is 12.0 Å². The fourth-order valence-electron chi connectivity index (χ4n) is 3.11. The summed E-state index contributed by atoms with van der Waals surface area (Å²) in [5.41, 5.74) is 0.891. The third-order valence-electron chi connectivity index (χ3n) is 4.48. The number of nitrogens with zero attached hydrogens (tertiary/aromatic N) is 6. The minimum atomic E-state index is -0.583. The normalized spacial score (nSPS) is 27.0. The van der Waals surface area contributed by atoms with E-state index in [4.69, 9.17) is 0 Å². The molecule has 8 heteroatoms. The SMILES string of the molecule is C=CCN1N=C(C)C(C)[N+]2=C1N=C1C2C(=O)N(CC)C(=O)N1C. The Kier molecular flexibility index (Phi) is 3.54. The fourth-order valence-corrected chi connectivity index (χ4v) is 3.11. The molecule has 0 N–H and O–H groups in total. The molecule has 8 nitrogen and oxygen atoms in total. The monoisotopic (exact) mass is 317 g/mol. The standard InChI is InChI=1S/C15H21N6O2/c1-6-8-20-14-16-12-11(21(14)10(4)9(3)17-20)13(22)19(7-2)15(23)18(12)5/h6,10-11H,1,7-8H2,2-5H3/q+1. The summed E-state index contributed by atoms with van der Waals surface area (Å²) < 4.78 is 1.94. The number of fused-ring (bicyclic) bond motifs is 2. The predicted octanol–water partition coefficient (Wildman–Crippen LogP) is 0.316. The predicted molar refractivity (Wildman–Crippen MR) is 86.5 cm³/mol. The quantitative estimate of drug-likeness (QED) is 0.556. The second kappa shape index (κ2) is 5.29. The van der Waals surface area contributed by atoms with Gasteiger partial charge in [-0.05, 0) is 20.8 Å². The van der Waals surface area contributed by atoms with Gasteiger partial charge in [-0.25, -0.2) is 9.37 Å². The average Bonchev–Trinajstić information content (AvgIpc) is 2.92. The molecule has 3 aliphatic heterocycles. The molecule has 0 bridgehead atoms. The van der Waals surface area contributed by atoms with Crippen LogP contribution in [-0.4, -0.2) is 81.1 Å². The molecule has 0 saturated carbocycles. The number of guanidine groups is 1. The Morgan fingerprint density at radius 1 is 1.39 bits per heavy atom. The van der Waals surface area contributed by atoms with Crippen LogP contribution < -0.4 is 0 Å². The second-order valence-electron chi connectivity index (χ2n) is 5.79. The number of carbonyl (C=O) groups is 2. The smallest absolute Gasteiger partial charge is 0.270 e. The average molecular weight is 317 g/mol. The van der Waals surface area contributed by atoms with Crippen LogP contribution in [0, 0.1) is 0 Å². The lowest BCUT2D eigenvalue weighted by atomic mass is 10.1. The van der Waals surface area contributed by atoms with Crippen molar-refractivity contribution < 1.29 is 14.2 Å². The maximum absolute atomic E-state index is 12.8. The van der Waals surface area contributed by atoms with E-state index < -0.39 is 6.04 Å². The zero-order valence-electron chi connectivity index (χ0n) is 13.9. The van der Waals surface area contributed by atoms with Crippen LogP contribution >= 0.6 is 0 Å². The van der Waals surface area contributed by atoms with Gasteiger partial charge in [0, 0.05) is 13.6 Å². The second-order valence-corrected chi connectivity index (χ2v) is 5.79. The van der Waals surface area contributed by atoms with Crippen molar-refractivity contribution in [2.45, 2.75) is 32.9 Å². The molecular formula is C15H21N6O2+. The van der Waals surface area contributed by atoms with Crippen LogP contribution in [0.4, 0.5) is 4.79 Å². The first-order chi connectivity index (χ1) is 10.9. The number of rotatable bonds is 3. The Hall–Kier alpha value is -2.51. The van der Waals surface area contributed by atoms with Gasteiger partial charge in [0.15, 0.2) is 0 Å². The van der Waals surface area contributed by atoms with Gasteiger partial charge in [-0.1, -0.05) is 17.6 Å². The first-order valence-electron chi connectivity index (χ1n) is 7.68. The highest BCUT2D eigenvalue weighted by Crippen LogP contribution is 2.25. The third-order valence-corrected chi connectivity index (χ3v) is 4.48. The Morgan fingerprint density at radius 3 is 2.70 bits per heavy atom. The van der Waals surface area contributed by atoms with Gasteiger partial charge < -0.3 is 0 Å². The molecule has 23 heavy (non-hydrogen) atoms. The van der Waals surface area contributed by atoms with Crippen LogP contribution in [0.25, 0.3) is 0 Å². The first kappa shape index (κ1) is 15.4. The Labute approximate surface area is 135 Å². The number of hydrogen-bond donors (Lipinski definition) is 0. The minimum absolute atomic E-state index is 0.0680. The largest absolute Gasteiger partial charge is 0.417 e. The highest BCUT2D eigenvalue weighted by molar-refractivity contribution is 6.23. The summed E-state index contributed by atoms with van der Waals surface area (Å²) in [5, 5.41) is 6.24. The molecule has 122 valence electrons. The zero-order valence-corrected chi connectivity index (χ0v) is 13.9. The van der Waals surface area contributed by atoms with Gasteiger partial charge in [-0.15, -0.1) is 10.1 Å². The number of carbonyl (C=O) groups excluding carboxylic acids is 2. The molecule has 3 aliphatic rings. The molecule has 0 aromatic carbocycles. The molecule has 0 spiro atoms. The zero-order chi connectivity index (χ0) is 16.9. The van der Waals surface area contributed by atoms with Crippen molar-refractivity contribution >= 4 is 29.4 Å². The van der Waals surface area contributed by atoms with Crippen LogP contribution in [0.5, 0.6) is 0 Å². The fraction of sp³-hybridized carbons (Fsp3) is 0.533. The summed E-state index contributed by atoms with van der Waals surface area (Å²) in [7, 11) is 1.65. The van der Waals surface area contributed by atoms with Crippen molar-refractivity contribution in [2.75, 3.05) is 20.1 Å². The molecule has 0 radical (unpaired) electrons. The number of hydrogen-bond acceptors (Lipinski definition) is 5. The van der Waals surface area contributed by atoms with Crippen molar-refractivity contribution in [3.8, 4) is 0 Å². The van der Waals surface area contributed by atoms with E-state index in [9.17, 15) is 9.59 Å². The van der Waals surface area contributed by atoms with Crippen LogP contribution in [0.1, 0.15) is 20.8 Å². The first-order valence-corrected chi connectivity index (χ1v) is 7.68. The van der Waals surface area contributed by atoms with Crippen molar-refractivity contribution in [3.05, 3.63) is 12.7 Å². The third kappa shape index (κ3) is 2.01. The number of aliphatic imine (C=N–C) groups is 1. The summed E-state index contributed by atoms with van der Waals surface area (Å²) in [4.78, 5) is 32.4. The molecule has 0 aromatic heterocycles. The van der Waals surface area contributed by atoms with E-state index >= 15 is 0 Å². The lowest BCUT2D eigenvalue weighted by Crippen LogP contribution is -2.64.